The van der Waals surface area contributed by atoms with Crippen LogP contribution in [-0.4, -0.2) is 36.0 Å². The van der Waals surface area contributed by atoms with Gasteiger partial charge < -0.3 is 10.6 Å². The second-order valence-corrected chi connectivity index (χ2v) is 6.54. The first-order valence-electron chi connectivity index (χ1n) is 7.34. The average Bonchev–Trinajstić information content (AvgIpc) is 3.03. The Kier molecular flexibility index (Phi) is 7.25. The molecule has 0 unspecified atom stereocenters. The smallest absolute Gasteiger partial charge is 0.191 e. The van der Waals surface area contributed by atoms with Crippen LogP contribution in [0.15, 0.2) is 40.7 Å². The molecule has 118 valence electrons. The molecule has 0 fully saturated rings. The topological polar surface area (TPSA) is 49.3 Å². The molecule has 2 rings (SSSR count). The van der Waals surface area contributed by atoms with Crippen LogP contribution in [0.25, 0.3) is 11.3 Å². The minimum Gasteiger partial charge on any atom is -0.357 e. The highest BCUT2D eigenvalue weighted by atomic mass is 32.2. The van der Waals surface area contributed by atoms with Crippen molar-refractivity contribution in [2.75, 3.05) is 25.1 Å². The van der Waals surface area contributed by atoms with Crippen molar-refractivity contribution >= 4 is 29.1 Å². The number of guanidine groups is 1. The summed E-state index contributed by atoms with van der Waals surface area (Å²) >= 11 is 3.48. The minimum absolute atomic E-state index is 0.603. The van der Waals surface area contributed by atoms with Crippen LogP contribution >= 0.6 is 23.1 Å². The molecule has 2 N–H and O–H groups in total. The molecule has 0 atom stereocenters. The van der Waals surface area contributed by atoms with E-state index in [1.165, 1.54) is 0 Å². The van der Waals surface area contributed by atoms with Crippen molar-refractivity contribution in [2.24, 2.45) is 4.99 Å². The lowest BCUT2D eigenvalue weighted by atomic mass is 10.2. The fourth-order valence-electron chi connectivity index (χ4n) is 1.88. The lowest BCUT2D eigenvalue weighted by Crippen LogP contribution is -2.38. The predicted molar refractivity (Wildman–Crippen MR) is 98.8 cm³/mol. The molecule has 6 heteroatoms. The van der Waals surface area contributed by atoms with E-state index >= 15 is 0 Å². The zero-order chi connectivity index (χ0) is 15.6. The summed E-state index contributed by atoms with van der Waals surface area (Å²) in [6.45, 7) is 4.45. The predicted octanol–water partition coefficient (Wildman–Crippen LogP) is 3.23. The number of aromatic nitrogens is 1. The Morgan fingerprint density at radius 3 is 2.82 bits per heavy atom. The van der Waals surface area contributed by atoms with E-state index < -0.39 is 0 Å². The Morgan fingerprint density at radius 1 is 1.27 bits per heavy atom. The van der Waals surface area contributed by atoms with E-state index in [0.717, 1.165) is 41.1 Å². The van der Waals surface area contributed by atoms with E-state index in [4.69, 9.17) is 0 Å². The van der Waals surface area contributed by atoms with Gasteiger partial charge in [0.15, 0.2) is 5.96 Å². The fraction of sp³-hybridized carbons (Fsp3) is 0.375. The van der Waals surface area contributed by atoms with Gasteiger partial charge in [0.2, 0.25) is 0 Å². The monoisotopic (exact) mass is 334 g/mol. The third-order valence-electron chi connectivity index (χ3n) is 2.94. The maximum atomic E-state index is 4.66. The van der Waals surface area contributed by atoms with Gasteiger partial charge in [0.05, 0.1) is 12.2 Å². The highest BCUT2D eigenvalue weighted by molar-refractivity contribution is 7.98. The first-order chi connectivity index (χ1) is 10.8. The van der Waals surface area contributed by atoms with Crippen LogP contribution in [0.3, 0.4) is 0 Å². The third kappa shape index (κ3) is 5.35. The van der Waals surface area contributed by atoms with Crippen molar-refractivity contribution in [2.45, 2.75) is 13.5 Å². The highest BCUT2D eigenvalue weighted by Crippen LogP contribution is 2.21. The van der Waals surface area contributed by atoms with E-state index in [2.05, 4.69) is 51.3 Å². The molecule has 1 aromatic carbocycles. The highest BCUT2D eigenvalue weighted by Gasteiger charge is 2.04. The molecule has 4 nitrogen and oxygen atoms in total. The lowest BCUT2D eigenvalue weighted by Gasteiger charge is -2.09. The van der Waals surface area contributed by atoms with Crippen molar-refractivity contribution in [1.29, 1.82) is 0 Å². The molecule has 0 aliphatic rings. The van der Waals surface area contributed by atoms with E-state index in [1.54, 1.807) is 11.3 Å². The Hall–Kier alpha value is -1.53. The van der Waals surface area contributed by atoms with E-state index in [1.807, 2.05) is 30.0 Å². The molecule has 1 aromatic heterocycles. The zero-order valence-corrected chi connectivity index (χ0v) is 14.6. The van der Waals surface area contributed by atoms with Gasteiger partial charge in [-0.1, -0.05) is 30.3 Å². The Bertz CT molecular complexity index is 581. The number of thiazole rings is 1. The van der Waals surface area contributed by atoms with Crippen LogP contribution in [0.2, 0.25) is 0 Å². The average molecular weight is 335 g/mol. The number of nitrogens with one attached hydrogen (secondary N) is 2. The number of thioether (sulfide) groups is 1. The molecule has 0 spiro atoms. The normalized spacial score (nSPS) is 11.5. The van der Waals surface area contributed by atoms with E-state index in [-0.39, 0.29) is 0 Å². The maximum Gasteiger partial charge on any atom is 0.191 e. The summed E-state index contributed by atoms with van der Waals surface area (Å²) in [6, 6.07) is 10.2. The molecule has 1 heterocycles. The molecule has 0 bridgehead atoms. The Balaban J connectivity index is 1.97. The first kappa shape index (κ1) is 16.8. The number of rotatable bonds is 7. The molecule has 2 aromatic rings. The Labute approximate surface area is 140 Å². The quantitative estimate of drug-likeness (QED) is 0.464. The van der Waals surface area contributed by atoms with Gasteiger partial charge in [0.25, 0.3) is 0 Å². The summed E-state index contributed by atoms with van der Waals surface area (Å²) in [5.74, 6) is 1.92. The summed E-state index contributed by atoms with van der Waals surface area (Å²) in [6.07, 6.45) is 2.10. The van der Waals surface area contributed by atoms with Gasteiger partial charge in [-0.2, -0.15) is 11.8 Å². The van der Waals surface area contributed by atoms with Crippen LogP contribution in [-0.2, 0) is 6.54 Å². The summed E-state index contributed by atoms with van der Waals surface area (Å²) in [5.41, 5.74) is 2.18. The van der Waals surface area contributed by atoms with Crippen molar-refractivity contribution in [3.63, 3.8) is 0 Å². The largest absolute Gasteiger partial charge is 0.357 e. The van der Waals surface area contributed by atoms with Gasteiger partial charge in [0.1, 0.15) is 5.01 Å². The SMILES string of the molecule is CCNC(=NCc1nc(-c2ccccc2)cs1)NCCSC. The fourth-order valence-corrected chi connectivity index (χ4v) is 2.92. The minimum atomic E-state index is 0.603. The molecular formula is C16H22N4S2. The number of benzene rings is 1. The van der Waals surface area contributed by atoms with Crippen molar-refractivity contribution in [1.82, 2.24) is 15.6 Å². The molecular weight excluding hydrogens is 312 g/mol. The zero-order valence-electron chi connectivity index (χ0n) is 13.0. The molecule has 0 aliphatic heterocycles. The van der Waals surface area contributed by atoms with Crippen molar-refractivity contribution in [3.8, 4) is 11.3 Å². The molecule has 0 radical (unpaired) electrons. The number of hydrogen-bond acceptors (Lipinski definition) is 4. The van der Waals surface area contributed by atoms with Gasteiger partial charge >= 0.3 is 0 Å². The van der Waals surface area contributed by atoms with Crippen LogP contribution in [0.1, 0.15) is 11.9 Å². The molecule has 0 amide bonds. The molecule has 0 saturated heterocycles. The first-order valence-corrected chi connectivity index (χ1v) is 9.61. The summed E-state index contributed by atoms with van der Waals surface area (Å²) < 4.78 is 0. The number of nitrogens with zero attached hydrogens (tertiary/aromatic N) is 2. The van der Waals surface area contributed by atoms with Crippen LogP contribution in [0, 0.1) is 0 Å². The maximum absolute atomic E-state index is 4.66. The van der Waals surface area contributed by atoms with Gasteiger partial charge in [-0.05, 0) is 13.2 Å². The van der Waals surface area contributed by atoms with E-state index in [9.17, 15) is 0 Å². The van der Waals surface area contributed by atoms with Crippen LogP contribution in [0.4, 0.5) is 0 Å². The van der Waals surface area contributed by atoms with Crippen LogP contribution in [0.5, 0.6) is 0 Å². The number of aliphatic imine (C=N–C) groups is 1. The summed E-state index contributed by atoms with van der Waals surface area (Å²) in [7, 11) is 0. The van der Waals surface area contributed by atoms with Crippen LogP contribution < -0.4 is 10.6 Å². The second-order valence-electron chi connectivity index (χ2n) is 4.61. The molecule has 0 saturated carbocycles. The second kappa shape index (κ2) is 9.48. The summed E-state index contributed by atoms with van der Waals surface area (Å²) in [5, 5.41) is 9.70. The lowest BCUT2D eigenvalue weighted by molar-refractivity contribution is 0.842. The standard InChI is InChI=1S/C16H22N4S2/c1-3-17-16(18-9-10-21-2)19-11-15-20-14(12-22-15)13-7-5-4-6-8-13/h4-8,12H,3,9-11H2,1-2H3,(H2,17,18,19). The summed E-state index contributed by atoms with van der Waals surface area (Å²) in [4.78, 5) is 9.26. The van der Waals surface area contributed by atoms with Crippen molar-refractivity contribution < 1.29 is 0 Å². The van der Waals surface area contributed by atoms with Gasteiger partial charge in [0, 0.05) is 29.8 Å². The van der Waals surface area contributed by atoms with Gasteiger partial charge in [-0.15, -0.1) is 11.3 Å². The van der Waals surface area contributed by atoms with E-state index in [0.29, 0.717) is 6.54 Å². The third-order valence-corrected chi connectivity index (χ3v) is 4.38. The Morgan fingerprint density at radius 2 is 2.09 bits per heavy atom. The molecule has 22 heavy (non-hydrogen) atoms. The molecule has 0 aliphatic carbocycles. The van der Waals surface area contributed by atoms with Gasteiger partial charge in [-0.25, -0.2) is 9.98 Å². The number of hydrogen-bond donors (Lipinski definition) is 2. The van der Waals surface area contributed by atoms with Gasteiger partial charge in [-0.3, -0.25) is 0 Å². The van der Waals surface area contributed by atoms with Crippen molar-refractivity contribution in [3.05, 3.63) is 40.7 Å².